The van der Waals surface area contributed by atoms with Gasteiger partial charge in [0.1, 0.15) is 11.6 Å². The number of aromatic amines is 1. The van der Waals surface area contributed by atoms with E-state index in [0.717, 1.165) is 46.8 Å². The molecule has 0 aliphatic heterocycles. The molecule has 0 saturated heterocycles. The summed E-state index contributed by atoms with van der Waals surface area (Å²) < 4.78 is 0. The summed E-state index contributed by atoms with van der Waals surface area (Å²) >= 11 is 0. The van der Waals surface area contributed by atoms with E-state index < -0.39 is 0 Å². The van der Waals surface area contributed by atoms with Crippen molar-refractivity contribution >= 4 is 22.6 Å². The second-order valence-corrected chi connectivity index (χ2v) is 8.91. The standard InChI is InChI=1S/C27H29N5O/c1-17-7-9-18(10-8-17)13-26(33)30-23(14-20-16-29-22-6-4-3-5-21(20)22)24-15-25(28-2)32-27(31-24)19-11-12-19/h3-10,15-16,19,23,29H,11-14H2,1-2H3,(H,30,33)(H,28,31,32)/t23-/m1/s1. The number of H-pyrrole nitrogens is 1. The number of para-hydroxylation sites is 1. The molecular formula is C27H29N5O. The third kappa shape index (κ3) is 4.90. The summed E-state index contributed by atoms with van der Waals surface area (Å²) in [7, 11) is 1.87. The number of rotatable bonds is 8. The van der Waals surface area contributed by atoms with Crippen LogP contribution in [0.2, 0.25) is 0 Å². The molecule has 1 fully saturated rings. The number of nitrogens with zero attached hydrogens (tertiary/aromatic N) is 2. The van der Waals surface area contributed by atoms with Gasteiger partial charge in [-0.2, -0.15) is 0 Å². The summed E-state index contributed by atoms with van der Waals surface area (Å²) in [5.74, 6) is 2.07. The quantitative estimate of drug-likeness (QED) is 0.367. The minimum atomic E-state index is -0.255. The Morgan fingerprint density at radius 3 is 2.67 bits per heavy atom. The van der Waals surface area contributed by atoms with E-state index in [4.69, 9.17) is 4.98 Å². The molecule has 1 aliphatic rings. The molecule has 2 aromatic carbocycles. The predicted octanol–water partition coefficient (Wildman–Crippen LogP) is 4.83. The minimum Gasteiger partial charge on any atom is -0.373 e. The van der Waals surface area contributed by atoms with Crippen LogP contribution >= 0.6 is 0 Å². The molecule has 5 rings (SSSR count). The first-order chi connectivity index (χ1) is 16.1. The number of aromatic nitrogens is 3. The van der Waals surface area contributed by atoms with Crippen LogP contribution in [-0.2, 0) is 17.6 Å². The number of aryl methyl sites for hydroxylation is 1. The van der Waals surface area contributed by atoms with Gasteiger partial charge < -0.3 is 15.6 Å². The van der Waals surface area contributed by atoms with Crippen molar-refractivity contribution in [2.24, 2.45) is 0 Å². The average Bonchev–Trinajstić information content (AvgIpc) is 3.61. The molecular weight excluding hydrogens is 410 g/mol. The number of amides is 1. The molecule has 0 unspecified atom stereocenters. The maximum Gasteiger partial charge on any atom is 0.224 e. The lowest BCUT2D eigenvalue weighted by Crippen LogP contribution is -2.32. The van der Waals surface area contributed by atoms with Gasteiger partial charge in [0, 0.05) is 42.6 Å². The normalized spacial score (nSPS) is 14.2. The molecule has 1 aliphatic carbocycles. The Morgan fingerprint density at radius 1 is 1.12 bits per heavy atom. The van der Waals surface area contributed by atoms with Crippen molar-refractivity contribution in [1.29, 1.82) is 0 Å². The molecule has 1 saturated carbocycles. The first-order valence-corrected chi connectivity index (χ1v) is 11.6. The highest BCUT2D eigenvalue weighted by atomic mass is 16.1. The first kappa shape index (κ1) is 21.2. The summed E-state index contributed by atoms with van der Waals surface area (Å²) in [5, 5.41) is 7.60. The molecule has 2 heterocycles. The number of benzene rings is 2. The van der Waals surface area contributed by atoms with E-state index in [1.807, 2.05) is 62.6 Å². The molecule has 6 heteroatoms. The maximum absolute atomic E-state index is 13.1. The Hall–Kier alpha value is -3.67. The van der Waals surface area contributed by atoms with Crippen LogP contribution in [0.15, 0.2) is 60.8 Å². The van der Waals surface area contributed by atoms with Gasteiger partial charge in [-0.3, -0.25) is 4.79 Å². The van der Waals surface area contributed by atoms with E-state index in [0.29, 0.717) is 18.8 Å². The van der Waals surface area contributed by atoms with Crippen molar-refractivity contribution in [3.63, 3.8) is 0 Å². The van der Waals surface area contributed by atoms with Gasteiger partial charge in [-0.15, -0.1) is 0 Å². The summed E-state index contributed by atoms with van der Waals surface area (Å²) in [4.78, 5) is 26.0. The van der Waals surface area contributed by atoms with Gasteiger partial charge in [0.15, 0.2) is 0 Å². The van der Waals surface area contributed by atoms with Crippen LogP contribution in [-0.4, -0.2) is 27.9 Å². The van der Waals surface area contributed by atoms with Gasteiger partial charge in [0.05, 0.1) is 18.2 Å². The molecule has 0 bridgehead atoms. The van der Waals surface area contributed by atoms with Crippen molar-refractivity contribution in [3.8, 4) is 0 Å². The highest BCUT2D eigenvalue weighted by Gasteiger charge is 2.29. The lowest BCUT2D eigenvalue weighted by atomic mass is 10.0. The largest absolute Gasteiger partial charge is 0.373 e. The lowest BCUT2D eigenvalue weighted by Gasteiger charge is -2.20. The van der Waals surface area contributed by atoms with Gasteiger partial charge in [0.25, 0.3) is 0 Å². The van der Waals surface area contributed by atoms with Gasteiger partial charge in [-0.1, -0.05) is 48.0 Å². The molecule has 3 N–H and O–H groups in total. The number of nitrogens with one attached hydrogen (secondary N) is 3. The second kappa shape index (κ2) is 9.06. The minimum absolute atomic E-state index is 0.0127. The lowest BCUT2D eigenvalue weighted by molar-refractivity contribution is -0.121. The number of carbonyl (C=O) groups excluding carboxylic acids is 1. The van der Waals surface area contributed by atoms with E-state index in [9.17, 15) is 4.79 Å². The second-order valence-electron chi connectivity index (χ2n) is 8.91. The first-order valence-electron chi connectivity index (χ1n) is 11.6. The summed E-state index contributed by atoms with van der Waals surface area (Å²) in [6, 6.07) is 18.0. The van der Waals surface area contributed by atoms with Crippen molar-refractivity contribution in [2.75, 3.05) is 12.4 Å². The van der Waals surface area contributed by atoms with Crippen LogP contribution < -0.4 is 10.6 Å². The predicted molar refractivity (Wildman–Crippen MR) is 131 cm³/mol. The average molecular weight is 440 g/mol. The molecule has 168 valence electrons. The smallest absolute Gasteiger partial charge is 0.224 e. The number of hydrogen-bond acceptors (Lipinski definition) is 4. The topological polar surface area (TPSA) is 82.7 Å². The summed E-state index contributed by atoms with van der Waals surface area (Å²) in [5.41, 5.74) is 5.28. The number of carbonyl (C=O) groups is 1. The van der Waals surface area contributed by atoms with E-state index in [2.05, 4.69) is 32.7 Å². The molecule has 33 heavy (non-hydrogen) atoms. The number of fused-ring (bicyclic) bond motifs is 1. The zero-order valence-electron chi connectivity index (χ0n) is 19.1. The maximum atomic E-state index is 13.1. The van der Waals surface area contributed by atoms with Crippen LogP contribution in [0.4, 0.5) is 5.82 Å². The highest BCUT2D eigenvalue weighted by Crippen LogP contribution is 2.39. The SMILES string of the molecule is CNc1cc([C@@H](Cc2c[nH]c3ccccc23)NC(=O)Cc2ccc(C)cc2)nc(C2CC2)n1. The Labute approximate surface area is 193 Å². The molecule has 0 radical (unpaired) electrons. The van der Waals surface area contributed by atoms with Crippen LogP contribution in [0.3, 0.4) is 0 Å². The molecule has 2 aromatic heterocycles. The summed E-state index contributed by atoms with van der Waals surface area (Å²) in [6.45, 7) is 2.05. The van der Waals surface area contributed by atoms with Crippen LogP contribution in [0.1, 0.15) is 53.0 Å². The molecule has 1 atom stereocenters. The molecule has 4 aromatic rings. The van der Waals surface area contributed by atoms with Crippen molar-refractivity contribution in [1.82, 2.24) is 20.3 Å². The third-order valence-corrected chi connectivity index (χ3v) is 6.24. The van der Waals surface area contributed by atoms with Crippen molar-refractivity contribution in [2.45, 2.75) is 44.6 Å². The van der Waals surface area contributed by atoms with E-state index >= 15 is 0 Å². The van der Waals surface area contributed by atoms with E-state index in [1.54, 1.807) is 0 Å². The molecule has 0 spiro atoms. The third-order valence-electron chi connectivity index (χ3n) is 6.24. The molecule has 1 amide bonds. The van der Waals surface area contributed by atoms with Crippen LogP contribution in [0.5, 0.6) is 0 Å². The number of hydrogen-bond donors (Lipinski definition) is 3. The Kier molecular flexibility index (Phi) is 5.82. The zero-order chi connectivity index (χ0) is 22.8. The van der Waals surface area contributed by atoms with Gasteiger partial charge in [-0.05, 0) is 37.0 Å². The van der Waals surface area contributed by atoms with E-state index in [-0.39, 0.29) is 11.9 Å². The fourth-order valence-electron chi connectivity index (χ4n) is 4.20. The van der Waals surface area contributed by atoms with Crippen LogP contribution in [0, 0.1) is 6.92 Å². The number of anilines is 1. The zero-order valence-corrected chi connectivity index (χ0v) is 19.1. The van der Waals surface area contributed by atoms with Crippen molar-refractivity contribution in [3.05, 3.63) is 89.0 Å². The summed E-state index contributed by atoms with van der Waals surface area (Å²) in [6.07, 6.45) is 5.27. The fourth-order valence-corrected chi connectivity index (χ4v) is 4.20. The van der Waals surface area contributed by atoms with Gasteiger partial charge >= 0.3 is 0 Å². The van der Waals surface area contributed by atoms with Gasteiger partial charge in [-0.25, -0.2) is 9.97 Å². The van der Waals surface area contributed by atoms with Gasteiger partial charge in [0.2, 0.25) is 5.91 Å². The Morgan fingerprint density at radius 2 is 1.91 bits per heavy atom. The monoisotopic (exact) mass is 439 g/mol. The Balaban J connectivity index is 1.45. The van der Waals surface area contributed by atoms with Crippen molar-refractivity contribution < 1.29 is 4.79 Å². The Bertz CT molecular complexity index is 1270. The highest BCUT2D eigenvalue weighted by molar-refractivity contribution is 5.83. The fraction of sp³-hybridized carbons (Fsp3) is 0.296. The van der Waals surface area contributed by atoms with E-state index in [1.165, 1.54) is 10.9 Å². The van der Waals surface area contributed by atoms with Crippen LogP contribution in [0.25, 0.3) is 10.9 Å². The molecule has 6 nitrogen and oxygen atoms in total.